The molecule has 114 valence electrons. The maximum Gasteiger partial charge on any atom is 0.332 e. The van der Waals surface area contributed by atoms with E-state index in [1.807, 2.05) is 20.8 Å². The van der Waals surface area contributed by atoms with Gasteiger partial charge in [-0.3, -0.25) is 0 Å². The summed E-state index contributed by atoms with van der Waals surface area (Å²) >= 11 is 0. The van der Waals surface area contributed by atoms with Gasteiger partial charge in [0.25, 0.3) is 0 Å². The van der Waals surface area contributed by atoms with Crippen molar-refractivity contribution < 1.29 is 23.7 Å². The predicted molar refractivity (Wildman–Crippen MR) is 71.7 cm³/mol. The van der Waals surface area contributed by atoms with Crippen molar-refractivity contribution in [2.45, 2.75) is 52.6 Å². The van der Waals surface area contributed by atoms with Crippen LogP contribution in [-0.2, 0) is 23.7 Å². The summed E-state index contributed by atoms with van der Waals surface area (Å²) in [7, 11) is 0. The van der Waals surface area contributed by atoms with Gasteiger partial charge in [0.1, 0.15) is 12.7 Å². The van der Waals surface area contributed by atoms with E-state index in [9.17, 15) is 4.79 Å². The average molecular weight is 277 g/mol. The summed E-state index contributed by atoms with van der Waals surface area (Å²) in [6, 6.07) is -0.210. The fourth-order valence-corrected chi connectivity index (χ4v) is 1.58. The van der Waals surface area contributed by atoms with Crippen LogP contribution in [0.4, 0.5) is 0 Å². The summed E-state index contributed by atoms with van der Waals surface area (Å²) < 4.78 is 21.3. The molecule has 1 unspecified atom stereocenters. The third-order valence-electron chi connectivity index (χ3n) is 2.52. The van der Waals surface area contributed by atoms with E-state index in [1.54, 1.807) is 6.92 Å². The molecule has 6 nitrogen and oxygen atoms in total. The van der Waals surface area contributed by atoms with Crippen LogP contribution >= 0.6 is 0 Å². The van der Waals surface area contributed by atoms with E-state index in [2.05, 4.69) is 0 Å². The van der Waals surface area contributed by atoms with E-state index in [1.165, 1.54) is 0 Å². The van der Waals surface area contributed by atoms with Crippen molar-refractivity contribution in [2.75, 3.05) is 26.4 Å². The highest BCUT2D eigenvalue weighted by molar-refractivity contribution is 5.70. The van der Waals surface area contributed by atoms with Gasteiger partial charge in [-0.15, -0.1) is 0 Å². The van der Waals surface area contributed by atoms with Gasteiger partial charge in [0.05, 0.1) is 6.61 Å². The minimum atomic E-state index is -0.663. The lowest BCUT2D eigenvalue weighted by Crippen LogP contribution is -2.47. The third kappa shape index (κ3) is 7.47. The first-order chi connectivity index (χ1) is 9.10. The van der Waals surface area contributed by atoms with Gasteiger partial charge >= 0.3 is 5.97 Å². The van der Waals surface area contributed by atoms with Crippen molar-refractivity contribution in [3.8, 4) is 0 Å². The lowest BCUT2D eigenvalue weighted by molar-refractivity contribution is -0.214. The Morgan fingerprint density at radius 1 is 1.00 bits per heavy atom. The van der Waals surface area contributed by atoms with E-state index in [-0.39, 0.29) is 12.6 Å². The summed E-state index contributed by atoms with van der Waals surface area (Å²) in [5.41, 5.74) is 6.00. The number of hydrogen-bond donors (Lipinski definition) is 1. The number of carbonyl (C=O) groups is 1. The first-order valence-electron chi connectivity index (χ1n) is 6.86. The minimum Gasteiger partial charge on any atom is -0.464 e. The number of carbonyl (C=O) groups excluding carboxylic acids is 1. The Kier molecular flexibility index (Phi) is 10.8. The SMILES string of the molecule is CCOC(=O)COC(OCC)[C@@H](OCC)[C@H](N)CC. The molecule has 0 spiro atoms. The molecule has 0 amide bonds. The molecule has 3 atom stereocenters. The molecule has 0 aliphatic heterocycles. The maximum absolute atomic E-state index is 11.3. The lowest BCUT2D eigenvalue weighted by Gasteiger charge is -2.30. The standard InChI is InChI=1S/C13H27NO5/c1-5-10(14)12(17-7-3)13(18-8-4)19-9-11(15)16-6-2/h10,12-13H,5-9,14H2,1-4H3/t10-,12+,13?/m1/s1. The van der Waals surface area contributed by atoms with Gasteiger partial charge in [0.15, 0.2) is 6.29 Å². The predicted octanol–water partition coefficient (Wildman–Crippen LogP) is 1.07. The molecular formula is C13H27NO5. The monoisotopic (exact) mass is 277 g/mol. The molecule has 0 aromatic carbocycles. The molecule has 0 aliphatic rings. The van der Waals surface area contributed by atoms with Crippen molar-refractivity contribution >= 4 is 5.97 Å². The molecule has 0 rings (SSSR count). The zero-order valence-corrected chi connectivity index (χ0v) is 12.4. The zero-order valence-electron chi connectivity index (χ0n) is 12.4. The van der Waals surface area contributed by atoms with Crippen molar-refractivity contribution in [2.24, 2.45) is 5.73 Å². The topological polar surface area (TPSA) is 80.0 Å². The summed E-state index contributed by atoms with van der Waals surface area (Å²) in [5.74, 6) is -0.424. The fourth-order valence-electron chi connectivity index (χ4n) is 1.58. The molecule has 0 heterocycles. The Hall–Kier alpha value is -0.690. The smallest absolute Gasteiger partial charge is 0.332 e. The fraction of sp³-hybridized carbons (Fsp3) is 0.923. The first kappa shape index (κ1) is 18.3. The van der Waals surface area contributed by atoms with Gasteiger partial charge in [-0.05, 0) is 27.2 Å². The van der Waals surface area contributed by atoms with Crippen molar-refractivity contribution in [1.29, 1.82) is 0 Å². The minimum absolute atomic E-state index is 0.168. The van der Waals surface area contributed by atoms with Crippen LogP contribution in [0.3, 0.4) is 0 Å². The molecule has 2 N–H and O–H groups in total. The summed E-state index contributed by atoms with van der Waals surface area (Å²) in [5, 5.41) is 0. The first-order valence-corrected chi connectivity index (χ1v) is 6.86. The van der Waals surface area contributed by atoms with Gasteiger partial charge < -0.3 is 24.7 Å². The second-order valence-corrected chi connectivity index (χ2v) is 3.93. The summed E-state index contributed by atoms with van der Waals surface area (Å²) in [6.45, 7) is 8.55. The van der Waals surface area contributed by atoms with Crippen molar-refractivity contribution in [1.82, 2.24) is 0 Å². The molecule has 0 aliphatic carbocycles. The van der Waals surface area contributed by atoms with Crippen LogP contribution in [0.1, 0.15) is 34.1 Å². The lowest BCUT2D eigenvalue weighted by atomic mass is 10.1. The molecule has 0 saturated carbocycles. The van der Waals surface area contributed by atoms with Gasteiger partial charge in [-0.1, -0.05) is 6.92 Å². The zero-order chi connectivity index (χ0) is 14.7. The normalized spacial score (nSPS) is 15.8. The Balaban J connectivity index is 4.50. The van der Waals surface area contributed by atoms with Crippen LogP contribution in [0.15, 0.2) is 0 Å². The third-order valence-corrected chi connectivity index (χ3v) is 2.52. The molecule has 19 heavy (non-hydrogen) atoms. The van der Waals surface area contributed by atoms with Crippen LogP contribution in [-0.4, -0.2) is 50.8 Å². The Labute approximate surface area is 115 Å². The average Bonchev–Trinajstić information content (AvgIpc) is 2.40. The van der Waals surface area contributed by atoms with Crippen molar-refractivity contribution in [3.63, 3.8) is 0 Å². The largest absolute Gasteiger partial charge is 0.464 e. The van der Waals surface area contributed by atoms with Crippen LogP contribution < -0.4 is 5.73 Å². The van der Waals surface area contributed by atoms with Crippen LogP contribution in [0.2, 0.25) is 0 Å². The highest BCUT2D eigenvalue weighted by Gasteiger charge is 2.29. The van der Waals surface area contributed by atoms with E-state index >= 15 is 0 Å². The van der Waals surface area contributed by atoms with Crippen LogP contribution in [0.5, 0.6) is 0 Å². The van der Waals surface area contributed by atoms with Gasteiger partial charge in [0.2, 0.25) is 0 Å². The van der Waals surface area contributed by atoms with E-state index in [0.717, 1.165) is 6.42 Å². The van der Waals surface area contributed by atoms with E-state index in [4.69, 9.17) is 24.7 Å². The van der Waals surface area contributed by atoms with Crippen molar-refractivity contribution in [3.05, 3.63) is 0 Å². The molecule has 0 bridgehead atoms. The van der Waals surface area contributed by atoms with E-state index in [0.29, 0.717) is 19.8 Å². The van der Waals surface area contributed by atoms with Crippen LogP contribution in [0.25, 0.3) is 0 Å². The second kappa shape index (κ2) is 11.2. The Morgan fingerprint density at radius 2 is 1.63 bits per heavy atom. The number of hydrogen-bond acceptors (Lipinski definition) is 6. The van der Waals surface area contributed by atoms with Crippen LogP contribution in [0, 0.1) is 0 Å². The number of ether oxygens (including phenoxy) is 4. The van der Waals surface area contributed by atoms with Gasteiger partial charge in [-0.2, -0.15) is 0 Å². The highest BCUT2D eigenvalue weighted by Crippen LogP contribution is 2.12. The quantitative estimate of drug-likeness (QED) is 0.449. The van der Waals surface area contributed by atoms with E-state index < -0.39 is 18.4 Å². The Bertz CT molecular complexity index is 237. The number of nitrogens with two attached hydrogens (primary N) is 1. The molecular weight excluding hydrogens is 250 g/mol. The summed E-state index contributed by atoms with van der Waals surface area (Å²) in [4.78, 5) is 11.3. The Morgan fingerprint density at radius 3 is 2.11 bits per heavy atom. The second-order valence-electron chi connectivity index (χ2n) is 3.93. The molecule has 0 fully saturated rings. The van der Waals surface area contributed by atoms with Gasteiger partial charge in [-0.25, -0.2) is 4.79 Å². The maximum atomic E-state index is 11.3. The molecule has 0 saturated heterocycles. The molecule has 0 radical (unpaired) electrons. The molecule has 0 aromatic heterocycles. The van der Waals surface area contributed by atoms with Gasteiger partial charge in [0, 0.05) is 19.3 Å². The molecule has 6 heteroatoms. The summed E-state index contributed by atoms with van der Waals surface area (Å²) in [6.07, 6.45) is -0.328. The number of esters is 1. The highest BCUT2D eigenvalue weighted by atomic mass is 16.7. The number of rotatable bonds is 11. The molecule has 0 aromatic rings.